The van der Waals surface area contributed by atoms with Gasteiger partial charge in [-0.2, -0.15) is 5.10 Å². The van der Waals surface area contributed by atoms with Crippen LogP contribution in [0.5, 0.6) is 0 Å². The van der Waals surface area contributed by atoms with Crippen LogP contribution in [-0.2, 0) is 9.53 Å². The summed E-state index contributed by atoms with van der Waals surface area (Å²) in [6, 6.07) is 6.89. The number of carbonyl (C=O) groups is 3. The van der Waals surface area contributed by atoms with Gasteiger partial charge in [0.05, 0.1) is 24.2 Å². The molecule has 0 saturated carbocycles. The van der Waals surface area contributed by atoms with E-state index in [0.717, 1.165) is 5.69 Å². The van der Waals surface area contributed by atoms with Crippen molar-refractivity contribution in [3.63, 3.8) is 0 Å². The van der Waals surface area contributed by atoms with Crippen LogP contribution in [0, 0.1) is 6.92 Å². The first kappa shape index (κ1) is 18.6. The maximum absolute atomic E-state index is 12.4. The highest BCUT2D eigenvalue weighted by molar-refractivity contribution is 5.94. The van der Waals surface area contributed by atoms with Gasteiger partial charge < -0.3 is 15.4 Å². The highest BCUT2D eigenvalue weighted by atomic mass is 16.5. The lowest BCUT2D eigenvalue weighted by molar-refractivity contribution is -0.122. The van der Waals surface area contributed by atoms with Gasteiger partial charge in [0.25, 0.3) is 5.91 Å². The fourth-order valence-corrected chi connectivity index (χ4v) is 2.96. The second-order valence-corrected chi connectivity index (χ2v) is 6.34. The van der Waals surface area contributed by atoms with Gasteiger partial charge in [0.15, 0.2) is 0 Å². The Bertz CT molecular complexity index is 847. The number of hydrogen-bond acceptors (Lipinski definition) is 5. The van der Waals surface area contributed by atoms with Crippen molar-refractivity contribution in [3.8, 4) is 5.69 Å². The monoisotopic (exact) mass is 370 g/mol. The molecule has 1 aromatic heterocycles. The average Bonchev–Trinajstić information content (AvgIpc) is 3.05. The summed E-state index contributed by atoms with van der Waals surface area (Å²) in [6.45, 7) is 4.30. The van der Waals surface area contributed by atoms with E-state index < -0.39 is 5.97 Å². The molecule has 2 aromatic rings. The van der Waals surface area contributed by atoms with E-state index in [2.05, 4.69) is 15.7 Å². The lowest BCUT2D eigenvalue weighted by Gasteiger charge is -2.23. The van der Waals surface area contributed by atoms with Crippen molar-refractivity contribution in [2.75, 3.05) is 13.2 Å². The Morgan fingerprint density at radius 3 is 2.70 bits per heavy atom. The van der Waals surface area contributed by atoms with Crippen LogP contribution in [0.25, 0.3) is 5.69 Å². The quantitative estimate of drug-likeness (QED) is 0.774. The number of nitrogens with zero attached hydrogens (tertiary/aromatic N) is 2. The molecule has 1 fully saturated rings. The van der Waals surface area contributed by atoms with E-state index in [0.29, 0.717) is 42.8 Å². The number of piperidine rings is 1. The lowest BCUT2D eigenvalue weighted by Crippen LogP contribution is -2.47. The first-order valence-electron chi connectivity index (χ1n) is 8.89. The van der Waals surface area contributed by atoms with Crippen LogP contribution in [0.15, 0.2) is 30.5 Å². The van der Waals surface area contributed by atoms with Crippen LogP contribution < -0.4 is 10.6 Å². The second-order valence-electron chi connectivity index (χ2n) is 6.34. The molecule has 1 aromatic carbocycles. The molecule has 8 heteroatoms. The molecule has 0 spiro atoms. The van der Waals surface area contributed by atoms with Crippen LogP contribution >= 0.6 is 0 Å². The lowest BCUT2D eigenvalue weighted by atomic mass is 10.1. The zero-order chi connectivity index (χ0) is 19.4. The summed E-state index contributed by atoms with van der Waals surface area (Å²) in [5, 5.41) is 9.90. The molecule has 2 heterocycles. The summed E-state index contributed by atoms with van der Waals surface area (Å²) in [5.41, 5.74) is 2.34. The Labute approximate surface area is 156 Å². The molecule has 2 amide bonds. The number of rotatable bonds is 5. The van der Waals surface area contributed by atoms with Crippen LogP contribution in [-0.4, -0.2) is 46.8 Å². The zero-order valence-electron chi connectivity index (χ0n) is 15.3. The van der Waals surface area contributed by atoms with E-state index in [1.165, 1.54) is 6.20 Å². The molecule has 0 radical (unpaired) electrons. The van der Waals surface area contributed by atoms with E-state index in [1.807, 2.05) is 0 Å². The predicted molar refractivity (Wildman–Crippen MR) is 97.8 cm³/mol. The van der Waals surface area contributed by atoms with E-state index in [1.54, 1.807) is 42.8 Å². The van der Waals surface area contributed by atoms with E-state index in [4.69, 9.17) is 4.74 Å². The van der Waals surface area contributed by atoms with Crippen molar-refractivity contribution in [2.45, 2.75) is 32.7 Å². The van der Waals surface area contributed by atoms with Crippen LogP contribution in [0.2, 0.25) is 0 Å². The molecular weight excluding hydrogens is 348 g/mol. The number of ether oxygens (including phenoxy) is 1. The molecule has 1 saturated heterocycles. The Hall–Kier alpha value is -3.16. The summed E-state index contributed by atoms with van der Waals surface area (Å²) < 4.78 is 6.65. The molecule has 0 bridgehead atoms. The third kappa shape index (κ3) is 4.16. The zero-order valence-corrected chi connectivity index (χ0v) is 15.3. The minimum Gasteiger partial charge on any atom is -0.462 e. The van der Waals surface area contributed by atoms with Crippen molar-refractivity contribution < 1.29 is 19.1 Å². The molecular formula is C19H22N4O4. The third-order valence-electron chi connectivity index (χ3n) is 4.48. The number of benzene rings is 1. The topological polar surface area (TPSA) is 102 Å². The van der Waals surface area contributed by atoms with Crippen molar-refractivity contribution in [3.05, 3.63) is 47.3 Å². The summed E-state index contributed by atoms with van der Waals surface area (Å²) in [6.07, 6.45) is 2.54. The Morgan fingerprint density at radius 2 is 2.07 bits per heavy atom. The highest BCUT2D eigenvalue weighted by Crippen LogP contribution is 2.16. The highest BCUT2D eigenvalue weighted by Gasteiger charge is 2.20. The largest absolute Gasteiger partial charge is 0.462 e. The fraction of sp³-hybridized carbons (Fsp3) is 0.368. The number of amides is 2. The van der Waals surface area contributed by atoms with Crippen LogP contribution in [0.4, 0.5) is 0 Å². The van der Waals surface area contributed by atoms with Crippen molar-refractivity contribution in [1.82, 2.24) is 20.4 Å². The molecule has 0 unspecified atom stereocenters. The van der Waals surface area contributed by atoms with E-state index in [-0.39, 0.29) is 17.9 Å². The smallest absolute Gasteiger partial charge is 0.341 e. The maximum atomic E-state index is 12.4. The molecule has 1 atom stereocenters. The number of nitrogens with one attached hydrogen (secondary N) is 2. The summed E-state index contributed by atoms with van der Waals surface area (Å²) in [5.74, 6) is -0.578. The molecule has 2 N–H and O–H groups in total. The van der Waals surface area contributed by atoms with Crippen LogP contribution in [0.3, 0.4) is 0 Å². The SMILES string of the molecule is CCOC(=O)c1cnn(-c2ccc(C(=O)N[C@@H]3CCC(=O)NC3)cc2)c1C. The van der Waals surface area contributed by atoms with Gasteiger partial charge in [-0.05, 0) is 44.5 Å². The Morgan fingerprint density at radius 1 is 1.33 bits per heavy atom. The van der Waals surface area contributed by atoms with Crippen molar-refractivity contribution in [2.24, 2.45) is 0 Å². The number of carbonyl (C=O) groups excluding carboxylic acids is 3. The molecule has 142 valence electrons. The number of esters is 1. The minimum absolute atomic E-state index is 0.0154. The second kappa shape index (κ2) is 8.03. The summed E-state index contributed by atoms with van der Waals surface area (Å²) >= 11 is 0. The van der Waals surface area contributed by atoms with Gasteiger partial charge in [-0.1, -0.05) is 0 Å². The standard InChI is InChI=1S/C19H22N4O4/c1-3-27-19(26)16-11-21-23(12(16)2)15-7-4-13(5-8-15)18(25)22-14-6-9-17(24)20-10-14/h4-5,7-8,11,14H,3,6,9-10H2,1-2H3,(H,20,24)(H,22,25)/t14-/m1/s1. The van der Waals surface area contributed by atoms with E-state index in [9.17, 15) is 14.4 Å². The number of aromatic nitrogens is 2. The minimum atomic E-state index is -0.406. The van der Waals surface area contributed by atoms with Gasteiger partial charge in [-0.25, -0.2) is 9.48 Å². The predicted octanol–water partition coefficient (Wildman–Crippen LogP) is 1.37. The van der Waals surface area contributed by atoms with Gasteiger partial charge >= 0.3 is 5.97 Å². The van der Waals surface area contributed by atoms with Crippen molar-refractivity contribution >= 4 is 17.8 Å². The van der Waals surface area contributed by atoms with E-state index >= 15 is 0 Å². The van der Waals surface area contributed by atoms with Gasteiger partial charge in [-0.15, -0.1) is 0 Å². The van der Waals surface area contributed by atoms with Gasteiger partial charge in [0.2, 0.25) is 5.91 Å². The molecule has 27 heavy (non-hydrogen) atoms. The van der Waals surface area contributed by atoms with Gasteiger partial charge in [0.1, 0.15) is 5.56 Å². The first-order chi connectivity index (χ1) is 13.0. The van der Waals surface area contributed by atoms with Crippen molar-refractivity contribution in [1.29, 1.82) is 0 Å². The third-order valence-corrected chi connectivity index (χ3v) is 4.48. The Balaban J connectivity index is 1.69. The normalized spacial score (nSPS) is 16.5. The molecule has 8 nitrogen and oxygen atoms in total. The molecule has 0 aliphatic carbocycles. The molecule has 1 aliphatic rings. The Kier molecular flexibility index (Phi) is 5.54. The van der Waals surface area contributed by atoms with Gasteiger partial charge in [-0.3, -0.25) is 9.59 Å². The fourth-order valence-electron chi connectivity index (χ4n) is 2.96. The van der Waals surface area contributed by atoms with Crippen LogP contribution in [0.1, 0.15) is 46.2 Å². The molecule has 1 aliphatic heterocycles. The molecule has 3 rings (SSSR count). The first-order valence-corrected chi connectivity index (χ1v) is 8.89. The van der Waals surface area contributed by atoms with Gasteiger partial charge in [0, 0.05) is 24.6 Å². The summed E-state index contributed by atoms with van der Waals surface area (Å²) in [7, 11) is 0. The number of hydrogen-bond donors (Lipinski definition) is 2. The average molecular weight is 370 g/mol. The summed E-state index contributed by atoms with van der Waals surface area (Å²) in [4.78, 5) is 35.5. The maximum Gasteiger partial charge on any atom is 0.341 e.